The summed E-state index contributed by atoms with van der Waals surface area (Å²) >= 11 is 0. The minimum absolute atomic E-state index is 0.0469. The Hall–Kier alpha value is -1.06. The molecule has 3 nitrogen and oxygen atoms in total. The summed E-state index contributed by atoms with van der Waals surface area (Å²) in [7, 11) is 0. The van der Waals surface area contributed by atoms with Gasteiger partial charge in [-0.05, 0) is 50.4 Å². The molecule has 1 unspecified atom stereocenters. The Balaban J connectivity index is 2.20. The lowest BCUT2D eigenvalue weighted by Crippen LogP contribution is -2.46. The topological polar surface area (TPSA) is 61.3 Å². The normalized spacial score (nSPS) is 19.1. The van der Waals surface area contributed by atoms with Crippen molar-refractivity contribution in [2.45, 2.75) is 39.2 Å². The van der Waals surface area contributed by atoms with Gasteiger partial charge >= 0.3 is 0 Å². The molecule has 1 saturated carbocycles. The zero-order chi connectivity index (χ0) is 13.2. The summed E-state index contributed by atoms with van der Waals surface area (Å²) in [4.78, 5) is 0. The van der Waals surface area contributed by atoms with Crippen molar-refractivity contribution in [1.29, 1.82) is 0 Å². The van der Waals surface area contributed by atoms with Gasteiger partial charge in [-0.3, -0.25) is 0 Å². The van der Waals surface area contributed by atoms with Gasteiger partial charge in [0.25, 0.3) is 0 Å². The van der Waals surface area contributed by atoms with Crippen molar-refractivity contribution in [3.63, 3.8) is 0 Å². The van der Waals surface area contributed by atoms with E-state index in [4.69, 9.17) is 16.2 Å². The molecule has 0 radical (unpaired) electrons. The maximum atomic E-state index is 6.42. The second kappa shape index (κ2) is 5.29. The molecule has 0 spiro atoms. The van der Waals surface area contributed by atoms with Crippen LogP contribution < -0.4 is 16.2 Å². The standard InChI is InChI=1S/C15H24N2O/c1-3-18-13-6-5-12(9-11(13)2)14(17)15(10-16)7-4-8-15/h5-6,9,14H,3-4,7-8,10,16-17H2,1-2H3. The molecule has 0 aromatic heterocycles. The third-order valence-electron chi connectivity index (χ3n) is 4.27. The number of nitrogens with two attached hydrogens (primary N) is 2. The van der Waals surface area contributed by atoms with Gasteiger partial charge in [-0.1, -0.05) is 18.6 Å². The van der Waals surface area contributed by atoms with Crippen molar-refractivity contribution < 1.29 is 4.74 Å². The first-order valence-corrected chi connectivity index (χ1v) is 6.82. The SMILES string of the molecule is CCOc1ccc(C(N)C2(CN)CCC2)cc1C. The molecular formula is C15H24N2O. The van der Waals surface area contributed by atoms with Crippen LogP contribution in [0.25, 0.3) is 0 Å². The van der Waals surface area contributed by atoms with E-state index in [0.29, 0.717) is 13.2 Å². The lowest BCUT2D eigenvalue weighted by Gasteiger charge is -2.45. The molecule has 0 saturated heterocycles. The predicted octanol–water partition coefficient (Wildman–Crippen LogP) is 2.52. The van der Waals surface area contributed by atoms with E-state index in [1.807, 2.05) is 13.0 Å². The van der Waals surface area contributed by atoms with Gasteiger partial charge in [-0.25, -0.2) is 0 Å². The highest BCUT2D eigenvalue weighted by Gasteiger charge is 2.41. The molecule has 0 bridgehead atoms. The number of hydrogen-bond donors (Lipinski definition) is 2. The Morgan fingerprint density at radius 3 is 2.56 bits per heavy atom. The van der Waals surface area contributed by atoms with Gasteiger partial charge in [-0.15, -0.1) is 0 Å². The number of aryl methyl sites for hydroxylation is 1. The molecule has 100 valence electrons. The summed E-state index contributed by atoms with van der Waals surface area (Å²) in [6.45, 7) is 5.44. The Labute approximate surface area is 110 Å². The number of ether oxygens (including phenoxy) is 1. The van der Waals surface area contributed by atoms with Crippen LogP contribution in [0.2, 0.25) is 0 Å². The van der Waals surface area contributed by atoms with Gasteiger partial charge in [0.2, 0.25) is 0 Å². The zero-order valence-corrected chi connectivity index (χ0v) is 11.4. The first-order chi connectivity index (χ1) is 8.63. The maximum absolute atomic E-state index is 6.42. The van der Waals surface area contributed by atoms with Crippen LogP contribution >= 0.6 is 0 Å². The minimum Gasteiger partial charge on any atom is -0.494 e. The van der Waals surface area contributed by atoms with Crippen molar-refractivity contribution in [3.05, 3.63) is 29.3 Å². The second-order valence-electron chi connectivity index (χ2n) is 5.36. The van der Waals surface area contributed by atoms with Crippen molar-refractivity contribution in [3.8, 4) is 5.75 Å². The molecule has 0 amide bonds. The van der Waals surface area contributed by atoms with Gasteiger partial charge in [0.05, 0.1) is 6.61 Å². The van der Waals surface area contributed by atoms with Crippen LogP contribution in [0.5, 0.6) is 5.75 Å². The van der Waals surface area contributed by atoms with Crippen LogP contribution in [-0.2, 0) is 0 Å². The molecule has 1 fully saturated rings. The van der Waals surface area contributed by atoms with Crippen LogP contribution in [0.4, 0.5) is 0 Å². The summed E-state index contributed by atoms with van der Waals surface area (Å²) in [5.74, 6) is 0.948. The van der Waals surface area contributed by atoms with Crippen LogP contribution in [0.3, 0.4) is 0 Å². The quantitative estimate of drug-likeness (QED) is 0.841. The van der Waals surface area contributed by atoms with Gasteiger partial charge in [0.15, 0.2) is 0 Å². The van der Waals surface area contributed by atoms with E-state index >= 15 is 0 Å². The predicted molar refractivity (Wildman–Crippen MR) is 74.6 cm³/mol. The first-order valence-electron chi connectivity index (χ1n) is 6.82. The largest absolute Gasteiger partial charge is 0.494 e. The Bertz CT molecular complexity index is 407. The Morgan fingerprint density at radius 1 is 1.39 bits per heavy atom. The lowest BCUT2D eigenvalue weighted by molar-refractivity contribution is 0.104. The summed E-state index contributed by atoms with van der Waals surface area (Å²) in [5.41, 5.74) is 14.8. The summed E-state index contributed by atoms with van der Waals surface area (Å²) in [6, 6.07) is 6.30. The Morgan fingerprint density at radius 2 is 2.11 bits per heavy atom. The molecule has 1 aliphatic rings. The van der Waals surface area contributed by atoms with E-state index in [1.54, 1.807) is 0 Å². The highest BCUT2D eigenvalue weighted by atomic mass is 16.5. The highest BCUT2D eigenvalue weighted by Crippen LogP contribution is 2.48. The molecular weight excluding hydrogens is 224 g/mol. The first kappa shape index (κ1) is 13.4. The Kier molecular flexibility index (Phi) is 3.93. The van der Waals surface area contributed by atoms with Crippen LogP contribution in [-0.4, -0.2) is 13.2 Å². The molecule has 4 N–H and O–H groups in total. The number of benzene rings is 1. The molecule has 1 aromatic carbocycles. The van der Waals surface area contributed by atoms with E-state index in [0.717, 1.165) is 24.2 Å². The molecule has 3 heteroatoms. The molecule has 0 heterocycles. The number of hydrogen-bond acceptors (Lipinski definition) is 3. The zero-order valence-electron chi connectivity index (χ0n) is 11.4. The molecule has 0 aliphatic heterocycles. The van der Waals surface area contributed by atoms with E-state index in [1.165, 1.54) is 12.0 Å². The van der Waals surface area contributed by atoms with Crippen molar-refractivity contribution >= 4 is 0 Å². The van der Waals surface area contributed by atoms with Crippen LogP contribution in [0.1, 0.15) is 43.4 Å². The third kappa shape index (κ3) is 2.25. The van der Waals surface area contributed by atoms with Gasteiger partial charge in [0, 0.05) is 11.5 Å². The van der Waals surface area contributed by atoms with E-state index in [9.17, 15) is 0 Å². The fraction of sp³-hybridized carbons (Fsp3) is 0.600. The third-order valence-corrected chi connectivity index (χ3v) is 4.27. The summed E-state index contributed by atoms with van der Waals surface area (Å²) in [6.07, 6.45) is 3.55. The van der Waals surface area contributed by atoms with Gasteiger partial charge in [0.1, 0.15) is 5.75 Å². The van der Waals surface area contributed by atoms with E-state index in [2.05, 4.69) is 19.1 Å². The maximum Gasteiger partial charge on any atom is 0.122 e. The minimum atomic E-state index is 0.0469. The fourth-order valence-electron chi connectivity index (χ4n) is 2.81. The summed E-state index contributed by atoms with van der Waals surface area (Å²) in [5, 5.41) is 0. The van der Waals surface area contributed by atoms with Crippen LogP contribution in [0, 0.1) is 12.3 Å². The summed E-state index contributed by atoms with van der Waals surface area (Å²) < 4.78 is 5.56. The van der Waals surface area contributed by atoms with Crippen molar-refractivity contribution in [1.82, 2.24) is 0 Å². The molecule has 1 aliphatic carbocycles. The average Bonchev–Trinajstić information content (AvgIpc) is 2.31. The van der Waals surface area contributed by atoms with Crippen LogP contribution in [0.15, 0.2) is 18.2 Å². The molecule has 18 heavy (non-hydrogen) atoms. The highest BCUT2D eigenvalue weighted by molar-refractivity contribution is 5.38. The van der Waals surface area contributed by atoms with E-state index in [-0.39, 0.29) is 11.5 Å². The van der Waals surface area contributed by atoms with Crippen molar-refractivity contribution in [2.24, 2.45) is 16.9 Å². The average molecular weight is 248 g/mol. The monoisotopic (exact) mass is 248 g/mol. The second-order valence-corrected chi connectivity index (χ2v) is 5.36. The van der Waals surface area contributed by atoms with Crippen molar-refractivity contribution in [2.75, 3.05) is 13.2 Å². The fourth-order valence-corrected chi connectivity index (χ4v) is 2.81. The molecule has 1 atom stereocenters. The molecule has 1 aromatic rings. The van der Waals surface area contributed by atoms with Gasteiger partial charge in [-0.2, -0.15) is 0 Å². The molecule has 2 rings (SSSR count). The van der Waals surface area contributed by atoms with E-state index < -0.39 is 0 Å². The lowest BCUT2D eigenvalue weighted by atomic mass is 9.62. The van der Waals surface area contributed by atoms with Gasteiger partial charge < -0.3 is 16.2 Å². The smallest absolute Gasteiger partial charge is 0.122 e. The number of rotatable bonds is 5.